The first-order chi connectivity index (χ1) is 8.29. The Kier molecular flexibility index (Phi) is 6.68. The van der Waals surface area contributed by atoms with Crippen LogP contribution in [-0.4, -0.2) is 19.8 Å². The molecule has 0 heterocycles. The van der Waals surface area contributed by atoms with Crippen molar-refractivity contribution in [2.24, 2.45) is 0 Å². The smallest absolute Gasteiger partial charge is 0.103 e. The van der Waals surface area contributed by atoms with Crippen molar-refractivity contribution in [1.29, 1.82) is 5.26 Å². The minimum atomic E-state index is 0.655. The van der Waals surface area contributed by atoms with Crippen LogP contribution in [0, 0.1) is 11.3 Å². The third kappa shape index (κ3) is 4.76. The van der Waals surface area contributed by atoms with E-state index in [9.17, 15) is 0 Å². The summed E-state index contributed by atoms with van der Waals surface area (Å²) in [7, 11) is 0. The van der Waals surface area contributed by atoms with Crippen LogP contribution in [0.5, 0.6) is 0 Å². The number of hydrogen-bond acceptors (Lipinski definition) is 3. The highest BCUT2D eigenvalue weighted by molar-refractivity contribution is 9.10. The molecule has 3 nitrogen and oxygen atoms in total. The predicted molar refractivity (Wildman–Crippen MR) is 73.1 cm³/mol. The van der Waals surface area contributed by atoms with Crippen molar-refractivity contribution in [3.63, 3.8) is 0 Å². The van der Waals surface area contributed by atoms with Crippen LogP contribution in [0.2, 0.25) is 0 Å². The van der Waals surface area contributed by atoms with E-state index in [-0.39, 0.29) is 0 Å². The van der Waals surface area contributed by atoms with Gasteiger partial charge in [-0.2, -0.15) is 5.26 Å². The predicted octanol–water partition coefficient (Wildman–Crippen LogP) is 3.55. The van der Waals surface area contributed by atoms with Crippen LogP contribution in [0.1, 0.15) is 25.3 Å². The van der Waals surface area contributed by atoms with Crippen LogP contribution in [0.4, 0.5) is 5.69 Å². The van der Waals surface area contributed by atoms with Gasteiger partial charge in [0.25, 0.3) is 0 Å². The first-order valence-electron chi connectivity index (χ1n) is 5.79. The summed E-state index contributed by atoms with van der Waals surface area (Å²) in [5.74, 6) is 0. The lowest BCUT2D eigenvalue weighted by molar-refractivity contribution is 0.134. The van der Waals surface area contributed by atoms with E-state index in [4.69, 9.17) is 10.00 Å². The van der Waals surface area contributed by atoms with E-state index in [0.29, 0.717) is 5.56 Å². The summed E-state index contributed by atoms with van der Waals surface area (Å²) in [6.45, 7) is 4.49. The topological polar surface area (TPSA) is 45.0 Å². The van der Waals surface area contributed by atoms with Crippen molar-refractivity contribution in [3.8, 4) is 6.07 Å². The zero-order chi connectivity index (χ0) is 12.5. The molecule has 17 heavy (non-hydrogen) atoms. The SMILES string of the molecule is CCCOCCCNc1cccc(Br)c1C#N. The summed E-state index contributed by atoms with van der Waals surface area (Å²) in [6.07, 6.45) is 2.00. The highest BCUT2D eigenvalue weighted by Gasteiger charge is 2.04. The summed E-state index contributed by atoms with van der Waals surface area (Å²) in [6, 6.07) is 7.88. The minimum Gasteiger partial charge on any atom is -0.384 e. The summed E-state index contributed by atoms with van der Waals surface area (Å²) < 4.78 is 6.21. The number of nitrogens with zero attached hydrogens (tertiary/aromatic N) is 1. The first kappa shape index (κ1) is 14.0. The molecule has 1 rings (SSSR count). The van der Waals surface area contributed by atoms with Gasteiger partial charge < -0.3 is 10.1 Å². The average Bonchev–Trinajstić information content (AvgIpc) is 2.34. The molecule has 0 unspecified atom stereocenters. The van der Waals surface area contributed by atoms with Crippen LogP contribution in [0.15, 0.2) is 22.7 Å². The van der Waals surface area contributed by atoms with Crippen LogP contribution in [-0.2, 0) is 4.74 Å². The van der Waals surface area contributed by atoms with E-state index in [2.05, 4.69) is 34.2 Å². The lowest BCUT2D eigenvalue weighted by Crippen LogP contribution is -2.07. The molecule has 0 aliphatic rings. The lowest BCUT2D eigenvalue weighted by atomic mass is 10.2. The van der Waals surface area contributed by atoms with Crippen LogP contribution in [0.3, 0.4) is 0 Å². The number of nitrogens with one attached hydrogen (secondary N) is 1. The first-order valence-corrected chi connectivity index (χ1v) is 6.59. The molecule has 0 bridgehead atoms. The van der Waals surface area contributed by atoms with Crippen molar-refractivity contribution in [3.05, 3.63) is 28.2 Å². The molecule has 0 atom stereocenters. The zero-order valence-electron chi connectivity index (χ0n) is 10.0. The molecule has 0 aliphatic heterocycles. The summed E-state index contributed by atoms with van der Waals surface area (Å²) >= 11 is 3.36. The molecule has 4 heteroatoms. The number of nitriles is 1. The zero-order valence-corrected chi connectivity index (χ0v) is 11.6. The highest BCUT2D eigenvalue weighted by Crippen LogP contribution is 2.23. The van der Waals surface area contributed by atoms with Crippen molar-refractivity contribution in [2.75, 3.05) is 25.1 Å². The second-order valence-corrected chi connectivity index (χ2v) is 4.52. The fourth-order valence-corrected chi connectivity index (χ4v) is 1.88. The maximum absolute atomic E-state index is 9.03. The maximum Gasteiger partial charge on any atom is 0.103 e. The van der Waals surface area contributed by atoms with Crippen molar-refractivity contribution in [1.82, 2.24) is 0 Å². The van der Waals surface area contributed by atoms with Crippen molar-refractivity contribution >= 4 is 21.6 Å². The lowest BCUT2D eigenvalue weighted by Gasteiger charge is -2.09. The van der Waals surface area contributed by atoms with Crippen molar-refractivity contribution in [2.45, 2.75) is 19.8 Å². The van der Waals surface area contributed by atoms with Gasteiger partial charge in [-0.15, -0.1) is 0 Å². The Balaban J connectivity index is 2.37. The van der Waals surface area contributed by atoms with E-state index in [1.807, 2.05) is 18.2 Å². The molecule has 1 aromatic carbocycles. The van der Waals surface area contributed by atoms with Crippen LogP contribution >= 0.6 is 15.9 Å². The Morgan fingerprint density at radius 3 is 2.94 bits per heavy atom. The third-order valence-corrected chi connectivity index (χ3v) is 2.92. The Morgan fingerprint density at radius 2 is 2.24 bits per heavy atom. The maximum atomic E-state index is 9.03. The monoisotopic (exact) mass is 296 g/mol. The molecular weight excluding hydrogens is 280 g/mol. The van der Waals surface area contributed by atoms with E-state index in [1.54, 1.807) is 0 Å². The van der Waals surface area contributed by atoms with Gasteiger partial charge in [0.15, 0.2) is 0 Å². The standard InChI is InChI=1S/C13H17BrN2O/c1-2-8-17-9-4-7-16-13-6-3-5-12(14)11(13)10-15/h3,5-6,16H,2,4,7-9H2,1H3. The molecule has 0 spiro atoms. The number of hydrogen-bond donors (Lipinski definition) is 1. The van der Waals surface area contributed by atoms with Gasteiger partial charge in [0.05, 0.1) is 11.3 Å². The van der Waals surface area contributed by atoms with Gasteiger partial charge in [0.1, 0.15) is 6.07 Å². The van der Waals surface area contributed by atoms with Gasteiger partial charge in [-0.1, -0.05) is 13.0 Å². The fourth-order valence-electron chi connectivity index (χ4n) is 1.43. The quantitative estimate of drug-likeness (QED) is 0.783. The van der Waals surface area contributed by atoms with E-state index in [1.165, 1.54) is 0 Å². The summed E-state index contributed by atoms with van der Waals surface area (Å²) in [5.41, 5.74) is 1.53. The van der Waals surface area contributed by atoms with Gasteiger partial charge in [-0.3, -0.25) is 0 Å². The highest BCUT2D eigenvalue weighted by atomic mass is 79.9. The second-order valence-electron chi connectivity index (χ2n) is 3.67. The molecule has 0 aromatic heterocycles. The van der Waals surface area contributed by atoms with Gasteiger partial charge in [-0.25, -0.2) is 0 Å². The normalized spacial score (nSPS) is 9.94. The van der Waals surface area contributed by atoms with E-state index in [0.717, 1.165) is 42.8 Å². The number of ether oxygens (including phenoxy) is 1. The van der Waals surface area contributed by atoms with Gasteiger partial charge in [-0.05, 0) is 40.9 Å². The summed E-state index contributed by atoms with van der Waals surface area (Å²) in [5, 5.41) is 12.3. The Hall–Kier alpha value is -1.05. The molecule has 0 radical (unpaired) electrons. The average molecular weight is 297 g/mol. The molecule has 1 aromatic rings. The van der Waals surface area contributed by atoms with Crippen LogP contribution < -0.4 is 5.32 Å². The number of benzene rings is 1. The largest absolute Gasteiger partial charge is 0.384 e. The van der Waals surface area contributed by atoms with Gasteiger partial charge in [0.2, 0.25) is 0 Å². The minimum absolute atomic E-state index is 0.655. The summed E-state index contributed by atoms with van der Waals surface area (Å²) in [4.78, 5) is 0. The molecule has 0 fully saturated rings. The molecule has 92 valence electrons. The number of halogens is 1. The second kappa shape index (κ2) is 8.10. The van der Waals surface area contributed by atoms with Crippen molar-refractivity contribution < 1.29 is 4.74 Å². The number of anilines is 1. The van der Waals surface area contributed by atoms with Gasteiger partial charge in [0, 0.05) is 24.2 Å². The Bertz CT molecular complexity index is 387. The van der Waals surface area contributed by atoms with Crippen LogP contribution in [0.25, 0.3) is 0 Å². The molecule has 0 saturated carbocycles. The molecular formula is C13H17BrN2O. The molecule has 1 N–H and O–H groups in total. The van der Waals surface area contributed by atoms with E-state index < -0.39 is 0 Å². The fraction of sp³-hybridized carbons (Fsp3) is 0.462. The van der Waals surface area contributed by atoms with Gasteiger partial charge >= 0.3 is 0 Å². The number of rotatable bonds is 7. The Labute approximate surface area is 111 Å². The molecule has 0 saturated heterocycles. The third-order valence-electron chi connectivity index (χ3n) is 2.25. The Morgan fingerprint density at radius 1 is 1.41 bits per heavy atom. The van der Waals surface area contributed by atoms with E-state index >= 15 is 0 Å². The molecule has 0 aliphatic carbocycles. The molecule has 0 amide bonds.